The first-order valence-electron chi connectivity index (χ1n) is 5.59. The maximum atomic E-state index is 11.1. The fourth-order valence-electron chi connectivity index (χ4n) is 1.54. The average Bonchev–Trinajstić information content (AvgIpc) is 2.41. The molecule has 2 aromatic rings. The van der Waals surface area contributed by atoms with E-state index in [2.05, 4.69) is 27.0 Å². The number of aromatic nitrogens is 1. The normalized spacial score (nSPS) is 10.1. The van der Waals surface area contributed by atoms with Crippen molar-refractivity contribution < 1.29 is 9.90 Å². The van der Waals surface area contributed by atoms with Crippen molar-refractivity contribution in [3.63, 3.8) is 0 Å². The van der Waals surface area contributed by atoms with Crippen LogP contribution >= 0.6 is 27.7 Å². The molecular formula is C14H9BrN2O2S. The van der Waals surface area contributed by atoms with Crippen LogP contribution in [0.5, 0.6) is 0 Å². The minimum Gasteiger partial charge on any atom is -0.478 e. The number of halogens is 1. The summed E-state index contributed by atoms with van der Waals surface area (Å²) in [7, 11) is 0. The van der Waals surface area contributed by atoms with Gasteiger partial charge in [-0.05, 0) is 53.2 Å². The van der Waals surface area contributed by atoms with Gasteiger partial charge in [-0.3, -0.25) is 0 Å². The molecule has 0 saturated carbocycles. The molecule has 0 fully saturated rings. The molecule has 4 nitrogen and oxygen atoms in total. The lowest BCUT2D eigenvalue weighted by Gasteiger charge is -2.06. The number of nitriles is 1. The largest absolute Gasteiger partial charge is 0.478 e. The molecule has 100 valence electrons. The molecule has 1 heterocycles. The summed E-state index contributed by atoms with van der Waals surface area (Å²) < 4.78 is 0.520. The van der Waals surface area contributed by atoms with Crippen molar-refractivity contribution in [3.8, 4) is 6.07 Å². The molecule has 20 heavy (non-hydrogen) atoms. The quantitative estimate of drug-likeness (QED) is 0.910. The molecule has 1 aromatic carbocycles. The third kappa shape index (κ3) is 3.18. The van der Waals surface area contributed by atoms with Crippen LogP contribution in [0.3, 0.4) is 0 Å². The van der Waals surface area contributed by atoms with E-state index >= 15 is 0 Å². The Morgan fingerprint density at radius 3 is 2.80 bits per heavy atom. The molecule has 2 rings (SSSR count). The van der Waals surface area contributed by atoms with Crippen LogP contribution in [0.4, 0.5) is 0 Å². The summed E-state index contributed by atoms with van der Waals surface area (Å²) in [5.74, 6) is -1.00. The third-order valence-electron chi connectivity index (χ3n) is 2.50. The van der Waals surface area contributed by atoms with Gasteiger partial charge in [0.05, 0.1) is 11.1 Å². The highest BCUT2D eigenvalue weighted by Gasteiger charge is 2.12. The van der Waals surface area contributed by atoms with Crippen LogP contribution in [0, 0.1) is 18.3 Å². The molecule has 6 heteroatoms. The SMILES string of the molecule is Cc1ccc(C#N)c(Sc2ccc(Br)c(C(=O)O)c2)n1. The molecule has 0 bridgehead atoms. The summed E-state index contributed by atoms with van der Waals surface area (Å²) in [6.45, 7) is 1.84. The van der Waals surface area contributed by atoms with E-state index in [1.165, 1.54) is 11.8 Å². The van der Waals surface area contributed by atoms with Crippen LogP contribution in [-0.4, -0.2) is 16.1 Å². The van der Waals surface area contributed by atoms with E-state index in [0.29, 0.717) is 15.1 Å². The molecule has 0 unspecified atom stereocenters. The van der Waals surface area contributed by atoms with Gasteiger partial charge >= 0.3 is 5.97 Å². The molecule has 0 aliphatic rings. The predicted octanol–water partition coefficient (Wildman–Crippen LogP) is 3.87. The molecule has 1 N–H and O–H groups in total. The summed E-state index contributed by atoms with van der Waals surface area (Å²) in [6.07, 6.45) is 0. The second kappa shape index (κ2) is 6.07. The van der Waals surface area contributed by atoms with Gasteiger partial charge in [0.15, 0.2) is 0 Å². The number of carboxylic acid groups (broad SMARTS) is 1. The van der Waals surface area contributed by atoms with E-state index in [-0.39, 0.29) is 5.56 Å². The number of hydrogen-bond acceptors (Lipinski definition) is 4. The van der Waals surface area contributed by atoms with Crippen molar-refractivity contribution in [2.75, 3.05) is 0 Å². The fraction of sp³-hybridized carbons (Fsp3) is 0.0714. The van der Waals surface area contributed by atoms with E-state index in [1.807, 2.05) is 6.92 Å². The molecule has 1 aromatic heterocycles. The van der Waals surface area contributed by atoms with E-state index in [9.17, 15) is 4.79 Å². The van der Waals surface area contributed by atoms with Crippen molar-refractivity contribution >= 4 is 33.7 Å². The lowest BCUT2D eigenvalue weighted by atomic mass is 10.2. The monoisotopic (exact) mass is 348 g/mol. The summed E-state index contributed by atoms with van der Waals surface area (Å²) in [5.41, 5.74) is 1.46. The summed E-state index contributed by atoms with van der Waals surface area (Å²) in [6, 6.07) is 10.6. The van der Waals surface area contributed by atoms with E-state index in [1.54, 1.807) is 30.3 Å². The van der Waals surface area contributed by atoms with Crippen molar-refractivity contribution in [1.29, 1.82) is 5.26 Å². The van der Waals surface area contributed by atoms with Crippen LogP contribution in [-0.2, 0) is 0 Å². The van der Waals surface area contributed by atoms with E-state index < -0.39 is 5.97 Å². The van der Waals surface area contributed by atoms with E-state index in [0.717, 1.165) is 10.6 Å². The maximum absolute atomic E-state index is 11.1. The van der Waals surface area contributed by atoms with Crippen LogP contribution in [0.25, 0.3) is 0 Å². The number of pyridine rings is 1. The number of nitrogens with zero attached hydrogens (tertiary/aromatic N) is 2. The second-order valence-corrected chi connectivity index (χ2v) is 5.88. The second-order valence-electron chi connectivity index (χ2n) is 3.97. The minimum absolute atomic E-state index is 0.182. The standard InChI is InChI=1S/C14H9BrN2O2S/c1-8-2-3-9(7-16)13(17-8)20-10-4-5-12(15)11(6-10)14(18)19/h2-6H,1H3,(H,18,19). The van der Waals surface area contributed by atoms with Gasteiger partial charge in [0.1, 0.15) is 11.1 Å². The van der Waals surface area contributed by atoms with Crippen LogP contribution in [0.1, 0.15) is 21.6 Å². The lowest BCUT2D eigenvalue weighted by molar-refractivity contribution is 0.0695. The first kappa shape index (κ1) is 14.6. The van der Waals surface area contributed by atoms with Crippen LogP contribution in [0.2, 0.25) is 0 Å². The zero-order valence-corrected chi connectivity index (χ0v) is 12.8. The van der Waals surface area contributed by atoms with Gasteiger partial charge in [-0.15, -0.1) is 0 Å². The van der Waals surface area contributed by atoms with Crippen molar-refractivity contribution in [1.82, 2.24) is 4.98 Å². The fourth-order valence-corrected chi connectivity index (χ4v) is 2.90. The minimum atomic E-state index is -1.00. The molecule has 0 amide bonds. The Balaban J connectivity index is 2.40. The van der Waals surface area contributed by atoms with Gasteiger partial charge in [0.25, 0.3) is 0 Å². The van der Waals surface area contributed by atoms with Gasteiger partial charge in [-0.25, -0.2) is 9.78 Å². The highest BCUT2D eigenvalue weighted by Crippen LogP contribution is 2.31. The Bertz CT molecular complexity index is 726. The third-order valence-corrected chi connectivity index (χ3v) is 4.19. The number of benzene rings is 1. The highest BCUT2D eigenvalue weighted by atomic mass is 79.9. The summed E-state index contributed by atoms with van der Waals surface area (Å²) in [5, 5.41) is 18.7. The van der Waals surface area contributed by atoms with Crippen molar-refractivity contribution in [2.24, 2.45) is 0 Å². The number of carboxylic acids is 1. The van der Waals surface area contributed by atoms with Crippen molar-refractivity contribution in [3.05, 3.63) is 51.6 Å². The smallest absolute Gasteiger partial charge is 0.336 e. The van der Waals surface area contributed by atoms with Gasteiger partial charge in [-0.2, -0.15) is 5.26 Å². The number of aryl methyl sites for hydroxylation is 1. The zero-order chi connectivity index (χ0) is 14.7. The number of rotatable bonds is 3. The Morgan fingerprint density at radius 1 is 1.40 bits per heavy atom. The van der Waals surface area contributed by atoms with E-state index in [4.69, 9.17) is 10.4 Å². The predicted molar refractivity (Wildman–Crippen MR) is 78.9 cm³/mol. The van der Waals surface area contributed by atoms with Crippen LogP contribution < -0.4 is 0 Å². The van der Waals surface area contributed by atoms with Gasteiger partial charge in [0.2, 0.25) is 0 Å². The Morgan fingerprint density at radius 2 is 2.15 bits per heavy atom. The lowest BCUT2D eigenvalue weighted by Crippen LogP contribution is -1.98. The number of carbonyl (C=O) groups is 1. The average molecular weight is 349 g/mol. The Hall–Kier alpha value is -1.84. The Labute approximate surface area is 128 Å². The van der Waals surface area contributed by atoms with Gasteiger partial charge in [-0.1, -0.05) is 11.8 Å². The first-order chi connectivity index (χ1) is 9.51. The molecule has 0 saturated heterocycles. The van der Waals surface area contributed by atoms with Gasteiger partial charge < -0.3 is 5.11 Å². The molecule has 0 radical (unpaired) electrons. The molecule has 0 aliphatic carbocycles. The topological polar surface area (TPSA) is 74.0 Å². The highest BCUT2D eigenvalue weighted by molar-refractivity contribution is 9.10. The van der Waals surface area contributed by atoms with Crippen molar-refractivity contribution in [2.45, 2.75) is 16.8 Å². The number of hydrogen-bond donors (Lipinski definition) is 1. The first-order valence-corrected chi connectivity index (χ1v) is 7.20. The molecule has 0 aliphatic heterocycles. The summed E-state index contributed by atoms with van der Waals surface area (Å²) in [4.78, 5) is 16.1. The zero-order valence-electron chi connectivity index (χ0n) is 10.4. The maximum Gasteiger partial charge on any atom is 0.336 e. The summed E-state index contributed by atoms with van der Waals surface area (Å²) >= 11 is 4.47. The molecule has 0 atom stereocenters. The van der Waals surface area contributed by atoms with Gasteiger partial charge in [0, 0.05) is 15.1 Å². The Kier molecular flexibility index (Phi) is 4.42. The number of aromatic carboxylic acids is 1. The molecule has 0 spiro atoms. The molecular weight excluding hydrogens is 340 g/mol. The van der Waals surface area contributed by atoms with Crippen LogP contribution in [0.15, 0.2) is 44.7 Å².